The van der Waals surface area contributed by atoms with Crippen LogP contribution in [0.2, 0.25) is 0 Å². The van der Waals surface area contributed by atoms with Crippen LogP contribution in [0.15, 0.2) is 48.5 Å². The van der Waals surface area contributed by atoms with Crippen LogP contribution in [0, 0.1) is 10.5 Å². The minimum absolute atomic E-state index is 0.106. The normalized spacial score (nSPS) is 11.6. The summed E-state index contributed by atoms with van der Waals surface area (Å²) < 4.78 is 6.82. The summed E-state index contributed by atoms with van der Waals surface area (Å²) in [6.45, 7) is 6.92. The molecule has 1 atom stereocenters. The molecule has 2 aromatic rings. The number of unbranched alkanes of at least 4 members (excludes halogenated alkanes) is 1. The molecule has 0 heterocycles. The quantitative estimate of drug-likeness (QED) is 0.344. The van der Waals surface area contributed by atoms with E-state index >= 15 is 0 Å². The van der Waals surface area contributed by atoms with E-state index in [9.17, 15) is 9.59 Å². The van der Waals surface area contributed by atoms with E-state index in [1.165, 1.54) is 0 Å². The van der Waals surface area contributed by atoms with Gasteiger partial charge in [-0.25, -0.2) is 0 Å². The summed E-state index contributed by atoms with van der Waals surface area (Å²) >= 11 is 2.22. The number of ether oxygens (including phenoxy) is 1. The van der Waals surface area contributed by atoms with Crippen molar-refractivity contribution in [2.75, 3.05) is 13.2 Å². The van der Waals surface area contributed by atoms with Crippen molar-refractivity contribution >= 4 is 34.4 Å². The number of nitrogens with zero attached hydrogens (tertiary/aromatic N) is 1. The first-order valence-corrected chi connectivity index (χ1v) is 11.5. The molecule has 162 valence electrons. The molecule has 0 fully saturated rings. The monoisotopic (exact) mass is 522 g/mol. The second-order valence-electron chi connectivity index (χ2n) is 7.26. The molecule has 6 heteroatoms. The van der Waals surface area contributed by atoms with Crippen molar-refractivity contribution in [1.82, 2.24) is 10.2 Å². The number of benzene rings is 2. The van der Waals surface area contributed by atoms with Gasteiger partial charge in [0, 0.05) is 16.7 Å². The van der Waals surface area contributed by atoms with E-state index in [0.29, 0.717) is 25.3 Å². The van der Waals surface area contributed by atoms with E-state index in [-0.39, 0.29) is 18.4 Å². The molecule has 5 nitrogen and oxygen atoms in total. The Morgan fingerprint density at radius 3 is 2.43 bits per heavy atom. The van der Waals surface area contributed by atoms with E-state index in [4.69, 9.17) is 4.74 Å². The lowest BCUT2D eigenvalue weighted by atomic mass is 10.1. The highest BCUT2D eigenvalue weighted by Gasteiger charge is 2.29. The zero-order valence-corrected chi connectivity index (χ0v) is 20.1. The Morgan fingerprint density at radius 1 is 1.10 bits per heavy atom. The van der Waals surface area contributed by atoms with Crippen LogP contribution in [0.25, 0.3) is 0 Å². The van der Waals surface area contributed by atoms with Crippen LogP contribution in [-0.4, -0.2) is 35.9 Å². The molecule has 0 aromatic heterocycles. The van der Waals surface area contributed by atoms with E-state index in [1.807, 2.05) is 62.4 Å². The zero-order chi connectivity index (χ0) is 21.9. The molecule has 0 aliphatic heterocycles. The van der Waals surface area contributed by atoms with Gasteiger partial charge in [0.2, 0.25) is 5.91 Å². The minimum atomic E-state index is -0.533. The van der Waals surface area contributed by atoms with Gasteiger partial charge in [-0.15, -0.1) is 0 Å². The van der Waals surface area contributed by atoms with Gasteiger partial charge in [-0.3, -0.25) is 9.59 Å². The maximum Gasteiger partial charge on any atom is 0.261 e. The summed E-state index contributed by atoms with van der Waals surface area (Å²) in [4.78, 5) is 27.6. The van der Waals surface area contributed by atoms with Crippen molar-refractivity contribution in [2.24, 2.45) is 0 Å². The fraction of sp³-hybridized carbons (Fsp3) is 0.417. The van der Waals surface area contributed by atoms with Crippen molar-refractivity contribution < 1.29 is 14.3 Å². The smallest absolute Gasteiger partial charge is 0.261 e. The fourth-order valence-electron chi connectivity index (χ4n) is 3.16. The Morgan fingerprint density at radius 2 is 1.80 bits per heavy atom. The number of carbonyl (C=O) groups excluding carboxylic acids is 2. The summed E-state index contributed by atoms with van der Waals surface area (Å²) in [6, 6.07) is 15.0. The Labute approximate surface area is 193 Å². The second kappa shape index (κ2) is 12.6. The molecule has 2 amide bonds. The molecule has 0 spiro atoms. The van der Waals surface area contributed by atoms with Crippen LogP contribution in [-0.2, 0) is 16.1 Å². The Hall–Kier alpha value is -2.09. The maximum atomic E-state index is 13.2. The highest BCUT2D eigenvalue weighted by molar-refractivity contribution is 14.1. The molecule has 0 aliphatic rings. The molecule has 0 unspecified atom stereocenters. The number of amides is 2. The summed E-state index contributed by atoms with van der Waals surface area (Å²) in [5.41, 5.74) is 2.12. The third kappa shape index (κ3) is 7.31. The van der Waals surface area contributed by atoms with Gasteiger partial charge in [0.05, 0.1) is 0 Å². The molecule has 0 saturated heterocycles. The number of hydrogen-bond donors (Lipinski definition) is 1. The van der Waals surface area contributed by atoms with Gasteiger partial charge in [-0.1, -0.05) is 44.5 Å². The van der Waals surface area contributed by atoms with E-state index < -0.39 is 6.04 Å². The molecule has 2 rings (SSSR count). The summed E-state index contributed by atoms with van der Waals surface area (Å²) in [5, 5.41) is 2.98. The van der Waals surface area contributed by atoms with Crippen molar-refractivity contribution in [3.8, 4) is 5.75 Å². The number of halogens is 1. The highest BCUT2D eigenvalue weighted by atomic mass is 127. The molecule has 0 radical (unpaired) electrons. The van der Waals surface area contributed by atoms with Crippen LogP contribution in [0.5, 0.6) is 5.75 Å². The third-order valence-electron chi connectivity index (χ3n) is 4.99. The number of carbonyl (C=O) groups is 2. The van der Waals surface area contributed by atoms with Crippen LogP contribution in [0.3, 0.4) is 0 Å². The van der Waals surface area contributed by atoms with Crippen molar-refractivity contribution in [3.05, 3.63) is 63.2 Å². The Kier molecular flexibility index (Phi) is 10.1. The molecule has 1 N–H and O–H groups in total. The zero-order valence-electron chi connectivity index (χ0n) is 18.0. The summed E-state index contributed by atoms with van der Waals surface area (Å²) in [5.74, 6) is 0.330. The average Bonchev–Trinajstić information content (AvgIpc) is 2.74. The topological polar surface area (TPSA) is 58.6 Å². The summed E-state index contributed by atoms with van der Waals surface area (Å²) in [6.07, 6.45) is 2.47. The maximum absolute atomic E-state index is 13.2. The van der Waals surface area contributed by atoms with Crippen molar-refractivity contribution in [3.63, 3.8) is 0 Å². The molecule has 30 heavy (non-hydrogen) atoms. The largest absolute Gasteiger partial charge is 0.484 e. The van der Waals surface area contributed by atoms with Gasteiger partial charge < -0.3 is 15.0 Å². The minimum Gasteiger partial charge on any atom is -0.484 e. The number of nitrogens with one attached hydrogen (secondary N) is 1. The number of aryl methyl sites for hydroxylation is 1. The first-order chi connectivity index (χ1) is 14.5. The average molecular weight is 522 g/mol. The predicted octanol–water partition coefficient (Wildman–Crippen LogP) is 4.70. The third-order valence-corrected chi connectivity index (χ3v) is 5.71. The molecular weight excluding hydrogens is 491 g/mol. The van der Waals surface area contributed by atoms with Crippen molar-refractivity contribution in [2.45, 2.75) is 52.6 Å². The van der Waals surface area contributed by atoms with Gasteiger partial charge in [0.15, 0.2) is 6.61 Å². The summed E-state index contributed by atoms with van der Waals surface area (Å²) in [7, 11) is 0. The molecule has 0 saturated carbocycles. The van der Waals surface area contributed by atoms with E-state index in [0.717, 1.165) is 27.5 Å². The lowest BCUT2D eigenvalue weighted by Gasteiger charge is -2.31. The second-order valence-corrected chi connectivity index (χ2v) is 8.50. The highest BCUT2D eigenvalue weighted by Crippen LogP contribution is 2.17. The van der Waals surface area contributed by atoms with Gasteiger partial charge >= 0.3 is 0 Å². The lowest BCUT2D eigenvalue weighted by molar-refractivity contribution is -0.143. The number of rotatable bonds is 11. The van der Waals surface area contributed by atoms with Gasteiger partial charge in [-0.05, 0) is 77.7 Å². The first-order valence-electron chi connectivity index (χ1n) is 10.5. The van der Waals surface area contributed by atoms with Gasteiger partial charge in [0.1, 0.15) is 11.8 Å². The fourth-order valence-corrected chi connectivity index (χ4v) is 3.52. The number of hydrogen-bond acceptors (Lipinski definition) is 3. The van der Waals surface area contributed by atoms with E-state index in [2.05, 4.69) is 34.8 Å². The predicted molar refractivity (Wildman–Crippen MR) is 128 cm³/mol. The van der Waals surface area contributed by atoms with Crippen LogP contribution >= 0.6 is 22.6 Å². The SMILES string of the molecule is CCCCNC(=O)[C@H](CC)N(Cc1ccccc1C)C(=O)COc1ccc(I)cc1. The van der Waals surface area contributed by atoms with Gasteiger partial charge in [-0.2, -0.15) is 0 Å². The standard InChI is InChI=1S/C24H31IN2O3/c1-4-6-15-26-24(29)22(5-2)27(16-19-10-8-7-9-18(19)3)23(28)17-30-21-13-11-20(25)12-14-21/h7-14,22H,4-6,15-17H2,1-3H3,(H,26,29)/t22-/m0/s1. The molecule has 2 aromatic carbocycles. The van der Waals surface area contributed by atoms with E-state index in [1.54, 1.807) is 4.90 Å². The van der Waals surface area contributed by atoms with Gasteiger partial charge in [0.25, 0.3) is 5.91 Å². The first kappa shape index (κ1) is 24.2. The molecule has 0 aliphatic carbocycles. The van der Waals surface area contributed by atoms with Crippen LogP contribution in [0.1, 0.15) is 44.2 Å². The van der Waals surface area contributed by atoms with Crippen LogP contribution < -0.4 is 10.1 Å². The Balaban J connectivity index is 2.17. The van der Waals surface area contributed by atoms with Crippen molar-refractivity contribution in [1.29, 1.82) is 0 Å². The molecular formula is C24H31IN2O3. The Bertz CT molecular complexity index is 823. The lowest BCUT2D eigenvalue weighted by Crippen LogP contribution is -2.50. The van der Waals surface area contributed by atoms with Crippen LogP contribution in [0.4, 0.5) is 0 Å². The molecule has 0 bridgehead atoms.